The molecule has 3 aromatic heterocycles. The number of rotatable bonds is 6. The number of aromatic amines is 1. The molecule has 0 atom stereocenters. The van der Waals surface area contributed by atoms with Crippen LogP contribution in [-0.2, 0) is 16.6 Å². The molecule has 0 unspecified atom stereocenters. The molecule has 14 heteroatoms. The summed E-state index contributed by atoms with van der Waals surface area (Å²) in [6.07, 6.45) is 2.51. The molecule has 0 amide bonds. The van der Waals surface area contributed by atoms with Crippen molar-refractivity contribution in [3.63, 3.8) is 0 Å². The van der Waals surface area contributed by atoms with Gasteiger partial charge in [0, 0.05) is 19.0 Å². The van der Waals surface area contributed by atoms with Gasteiger partial charge in [-0.05, 0) is 66.4 Å². The second-order valence-corrected chi connectivity index (χ2v) is 11.7. The lowest BCUT2D eigenvalue weighted by molar-refractivity contribution is 0.313. The summed E-state index contributed by atoms with van der Waals surface area (Å²) in [5.74, 6) is 0.429. The maximum Gasteiger partial charge on any atom is 0.281 e. The van der Waals surface area contributed by atoms with Crippen LogP contribution >= 0.6 is 0 Å². The van der Waals surface area contributed by atoms with Crippen LogP contribution in [0.5, 0.6) is 0 Å². The standard InChI is InChI=1S/C25H26N10O3S/c1-16-3-5-18(6-4-16)14-34-24-22(29-31-34)25(36)28-23(27-24)19-9-11-33(12-10-19)39(37,38)20-7-8-21(17(2)13-20)35-15-26-30-32-35/h3-8,13,15,19H,9-12,14H2,1-2H3,(H,27,28,36). The topological polar surface area (TPSA) is 157 Å². The van der Waals surface area contributed by atoms with E-state index in [9.17, 15) is 13.2 Å². The molecule has 2 aromatic carbocycles. The van der Waals surface area contributed by atoms with E-state index in [2.05, 4.69) is 30.8 Å². The molecular formula is C25H26N10O3S. The van der Waals surface area contributed by atoms with Gasteiger partial charge < -0.3 is 4.98 Å². The Morgan fingerprint density at radius 3 is 2.49 bits per heavy atom. The summed E-state index contributed by atoms with van der Waals surface area (Å²) in [6, 6.07) is 13.0. The summed E-state index contributed by atoms with van der Waals surface area (Å²) in [6.45, 7) is 4.90. The Morgan fingerprint density at radius 2 is 1.79 bits per heavy atom. The van der Waals surface area contributed by atoms with Crippen molar-refractivity contribution in [1.29, 1.82) is 0 Å². The molecule has 6 rings (SSSR count). The number of sulfonamides is 1. The maximum absolute atomic E-state index is 13.4. The second-order valence-electron chi connectivity index (χ2n) is 9.74. The van der Waals surface area contributed by atoms with E-state index in [1.54, 1.807) is 22.9 Å². The van der Waals surface area contributed by atoms with Crippen LogP contribution in [0.25, 0.3) is 16.9 Å². The zero-order valence-electron chi connectivity index (χ0n) is 21.4. The van der Waals surface area contributed by atoms with E-state index in [-0.39, 0.29) is 21.9 Å². The van der Waals surface area contributed by atoms with Gasteiger partial charge in [0.2, 0.25) is 10.0 Å². The number of aromatic nitrogens is 9. The Labute approximate surface area is 223 Å². The van der Waals surface area contributed by atoms with Crippen LogP contribution in [0.3, 0.4) is 0 Å². The first-order valence-electron chi connectivity index (χ1n) is 12.5. The maximum atomic E-state index is 13.4. The quantitative estimate of drug-likeness (QED) is 0.335. The number of nitrogens with one attached hydrogen (secondary N) is 1. The summed E-state index contributed by atoms with van der Waals surface area (Å²) >= 11 is 0. The summed E-state index contributed by atoms with van der Waals surface area (Å²) in [4.78, 5) is 20.6. The fourth-order valence-corrected chi connectivity index (χ4v) is 6.44. The molecule has 0 saturated carbocycles. The fraction of sp³-hybridized carbons (Fsp3) is 0.320. The molecule has 1 fully saturated rings. The molecule has 1 N–H and O–H groups in total. The fourth-order valence-electron chi connectivity index (χ4n) is 4.89. The zero-order chi connectivity index (χ0) is 27.1. The number of tetrazole rings is 1. The highest BCUT2D eigenvalue weighted by Gasteiger charge is 2.31. The summed E-state index contributed by atoms with van der Waals surface area (Å²) in [7, 11) is -3.70. The average Bonchev–Trinajstić information content (AvgIpc) is 3.61. The number of hydrogen-bond acceptors (Lipinski definition) is 9. The predicted octanol–water partition coefficient (Wildman–Crippen LogP) is 1.72. The number of piperidine rings is 1. The molecule has 1 aliphatic rings. The van der Waals surface area contributed by atoms with Crippen LogP contribution in [-0.4, -0.2) is 71.0 Å². The lowest BCUT2D eigenvalue weighted by Crippen LogP contribution is -2.38. The molecule has 200 valence electrons. The Bertz CT molecular complexity index is 1800. The average molecular weight is 547 g/mol. The molecule has 0 aliphatic carbocycles. The number of benzene rings is 2. The summed E-state index contributed by atoms with van der Waals surface area (Å²) in [5, 5.41) is 19.3. The first-order chi connectivity index (χ1) is 18.8. The molecule has 13 nitrogen and oxygen atoms in total. The molecule has 39 heavy (non-hydrogen) atoms. The van der Waals surface area contributed by atoms with Gasteiger partial charge in [0.05, 0.1) is 17.1 Å². The van der Waals surface area contributed by atoms with Crippen LogP contribution < -0.4 is 5.56 Å². The van der Waals surface area contributed by atoms with Crippen LogP contribution in [0.1, 0.15) is 41.3 Å². The van der Waals surface area contributed by atoms with E-state index in [0.29, 0.717) is 49.6 Å². The van der Waals surface area contributed by atoms with Crippen LogP contribution in [0, 0.1) is 13.8 Å². The molecule has 0 radical (unpaired) electrons. The van der Waals surface area contributed by atoms with E-state index >= 15 is 0 Å². The minimum absolute atomic E-state index is 0.0970. The van der Waals surface area contributed by atoms with Crippen molar-refractivity contribution in [2.45, 2.75) is 44.0 Å². The van der Waals surface area contributed by atoms with Crippen molar-refractivity contribution in [2.75, 3.05) is 13.1 Å². The van der Waals surface area contributed by atoms with Gasteiger partial charge in [-0.1, -0.05) is 35.0 Å². The van der Waals surface area contributed by atoms with Gasteiger partial charge in [-0.3, -0.25) is 4.79 Å². The number of aryl methyl sites for hydroxylation is 2. The molecule has 4 heterocycles. The SMILES string of the molecule is Cc1ccc(Cn2nnc3c(=O)[nH]c(C4CCN(S(=O)(=O)c5ccc(-n6cnnn6)c(C)c5)CC4)nc32)cc1. The molecule has 1 saturated heterocycles. The van der Waals surface area contributed by atoms with E-state index in [0.717, 1.165) is 16.7 Å². The normalized spacial score (nSPS) is 15.2. The van der Waals surface area contributed by atoms with Gasteiger partial charge in [-0.25, -0.2) is 22.8 Å². The minimum atomic E-state index is -3.70. The van der Waals surface area contributed by atoms with Crippen LogP contribution in [0.4, 0.5) is 0 Å². The van der Waals surface area contributed by atoms with Crippen molar-refractivity contribution >= 4 is 21.2 Å². The number of hydrogen-bond donors (Lipinski definition) is 1. The number of nitrogens with zero attached hydrogens (tertiary/aromatic N) is 9. The first-order valence-corrected chi connectivity index (χ1v) is 14.0. The number of fused-ring (bicyclic) bond motifs is 1. The van der Waals surface area contributed by atoms with Gasteiger partial charge in [-0.15, -0.1) is 10.2 Å². The van der Waals surface area contributed by atoms with Gasteiger partial charge in [-0.2, -0.15) is 4.31 Å². The van der Waals surface area contributed by atoms with E-state index < -0.39 is 10.0 Å². The van der Waals surface area contributed by atoms with Crippen molar-refractivity contribution in [3.05, 3.63) is 81.7 Å². The highest BCUT2D eigenvalue weighted by atomic mass is 32.2. The monoisotopic (exact) mass is 546 g/mol. The van der Waals surface area contributed by atoms with Crippen molar-refractivity contribution in [2.24, 2.45) is 0 Å². The highest BCUT2D eigenvalue weighted by molar-refractivity contribution is 7.89. The molecule has 0 spiro atoms. The third kappa shape index (κ3) is 4.72. The van der Waals surface area contributed by atoms with E-state index in [1.165, 1.54) is 15.3 Å². The highest BCUT2D eigenvalue weighted by Crippen LogP contribution is 2.30. The predicted molar refractivity (Wildman–Crippen MR) is 141 cm³/mol. The van der Waals surface area contributed by atoms with Crippen molar-refractivity contribution in [3.8, 4) is 5.69 Å². The van der Waals surface area contributed by atoms with Gasteiger partial charge in [0.25, 0.3) is 5.56 Å². The molecule has 1 aliphatic heterocycles. The Balaban J connectivity index is 1.20. The largest absolute Gasteiger partial charge is 0.308 e. The third-order valence-electron chi connectivity index (χ3n) is 7.09. The number of H-pyrrole nitrogens is 1. The second kappa shape index (κ2) is 9.78. The smallest absolute Gasteiger partial charge is 0.281 e. The molecular weight excluding hydrogens is 520 g/mol. The van der Waals surface area contributed by atoms with Crippen molar-refractivity contribution in [1.82, 2.24) is 49.5 Å². The molecule has 5 aromatic rings. The first kappa shape index (κ1) is 25.0. The van der Waals surface area contributed by atoms with Gasteiger partial charge in [0.15, 0.2) is 11.2 Å². The minimum Gasteiger partial charge on any atom is -0.308 e. The van der Waals surface area contributed by atoms with Crippen molar-refractivity contribution < 1.29 is 8.42 Å². The van der Waals surface area contributed by atoms with E-state index in [1.807, 2.05) is 38.1 Å². The van der Waals surface area contributed by atoms with E-state index in [4.69, 9.17) is 4.98 Å². The molecule has 0 bridgehead atoms. The Morgan fingerprint density at radius 1 is 1.03 bits per heavy atom. The van der Waals surface area contributed by atoms with Gasteiger partial charge in [0.1, 0.15) is 12.2 Å². The lowest BCUT2D eigenvalue weighted by Gasteiger charge is -2.30. The summed E-state index contributed by atoms with van der Waals surface area (Å²) in [5.41, 5.74) is 3.88. The van der Waals surface area contributed by atoms with Gasteiger partial charge >= 0.3 is 0 Å². The summed E-state index contributed by atoms with van der Waals surface area (Å²) < 4.78 is 31.4. The Kier molecular flexibility index (Phi) is 6.27. The lowest BCUT2D eigenvalue weighted by atomic mass is 9.97. The third-order valence-corrected chi connectivity index (χ3v) is 8.98. The van der Waals surface area contributed by atoms with Crippen LogP contribution in [0.15, 0.2) is 58.5 Å². The Hall–Kier alpha value is -4.30. The zero-order valence-corrected chi connectivity index (χ0v) is 22.2. The van der Waals surface area contributed by atoms with Crippen LogP contribution in [0.2, 0.25) is 0 Å².